The molecule has 332 valence electrons. The number of ether oxygens (including phenoxy) is 3. The van der Waals surface area contributed by atoms with E-state index in [4.69, 9.17) is 14.2 Å². The summed E-state index contributed by atoms with van der Waals surface area (Å²) in [5.74, 6) is 0. The van der Waals surface area contributed by atoms with E-state index in [0.29, 0.717) is 26.1 Å². The van der Waals surface area contributed by atoms with Crippen LogP contribution >= 0.6 is 0 Å². The fourth-order valence-corrected chi connectivity index (χ4v) is 9.54. The molecule has 0 aliphatic carbocycles. The highest BCUT2D eigenvalue weighted by atomic mass is 16.7. The van der Waals surface area contributed by atoms with E-state index in [2.05, 4.69) is 13.8 Å². The van der Waals surface area contributed by atoms with Gasteiger partial charge in [0.05, 0.1) is 13.2 Å². The van der Waals surface area contributed by atoms with Crippen molar-refractivity contribution in [3.05, 3.63) is 0 Å². The van der Waals surface area contributed by atoms with Crippen LogP contribution in [-0.2, 0) is 33.4 Å². The van der Waals surface area contributed by atoms with Gasteiger partial charge in [0.2, 0.25) is 0 Å². The van der Waals surface area contributed by atoms with Crippen molar-refractivity contribution < 1.29 is 33.4 Å². The first-order valence-corrected chi connectivity index (χ1v) is 24.7. The predicted molar refractivity (Wildman–Crippen MR) is 235 cm³/mol. The molecular weight excluding hydrogens is 713 g/mol. The Balaban J connectivity index is 1.79. The van der Waals surface area contributed by atoms with Crippen molar-refractivity contribution >= 4 is 25.1 Å². The van der Waals surface area contributed by atoms with Crippen molar-refractivity contribution in [2.75, 3.05) is 13.2 Å². The maximum absolute atomic E-state index is 12.3. The summed E-state index contributed by atoms with van der Waals surface area (Å²) in [5.41, 5.74) is -4.06. The molecule has 0 saturated carbocycles. The summed E-state index contributed by atoms with van der Waals surface area (Å²) in [4.78, 5) is 49.1. The number of hydrogen-bond acceptors (Lipinski definition) is 7. The molecule has 7 heteroatoms. The van der Waals surface area contributed by atoms with Crippen LogP contribution in [0.5, 0.6) is 0 Å². The second-order valence-electron chi connectivity index (χ2n) is 18.2. The Bertz CT molecular complexity index is 905. The minimum atomic E-state index is -1.24. The third-order valence-corrected chi connectivity index (χ3v) is 13.6. The minimum Gasteiger partial charge on any atom is -0.366 e. The predicted octanol–water partition coefficient (Wildman–Crippen LogP) is 13.7. The Labute approximate surface area is 351 Å². The second-order valence-corrected chi connectivity index (χ2v) is 18.2. The summed E-state index contributed by atoms with van der Waals surface area (Å²) in [6.45, 7) is 5.35. The van der Waals surface area contributed by atoms with Crippen LogP contribution in [0.4, 0.5) is 0 Å². The van der Waals surface area contributed by atoms with E-state index in [1.54, 1.807) is 0 Å². The van der Waals surface area contributed by atoms with Gasteiger partial charge in [-0.05, 0) is 12.8 Å². The van der Waals surface area contributed by atoms with Gasteiger partial charge in [-0.1, -0.05) is 219 Å². The molecule has 2 atom stereocenters. The lowest BCUT2D eigenvalue weighted by Gasteiger charge is -2.47. The highest BCUT2D eigenvalue weighted by Gasteiger charge is 2.69. The summed E-state index contributed by atoms with van der Waals surface area (Å²) in [7, 11) is 0. The van der Waals surface area contributed by atoms with Crippen LogP contribution in [-0.4, -0.2) is 60.8 Å². The number of unbranched alkanes of at least 4 members (excludes halogenated alkanes) is 30. The van der Waals surface area contributed by atoms with E-state index in [1.165, 1.54) is 167 Å². The lowest BCUT2D eigenvalue weighted by Crippen LogP contribution is -2.60. The maximum Gasteiger partial charge on any atom is 0.123 e. The first-order chi connectivity index (χ1) is 28.0. The van der Waals surface area contributed by atoms with E-state index in [9.17, 15) is 19.2 Å². The standard InChI is InChI=1S/C50H90O7/c1-3-5-7-9-11-13-15-17-19-21-23-25-27-29-31-33-35-49(45-55-49)47(37-41-51,38-42-52)57-48(39-43-53,40-44-54)50(46-56-50)36-34-32-30-28-26-24-22-20-18-16-14-12-10-8-6-4-2/h41-44H,3-40,45-46H2,1-2H3. The molecule has 0 bridgehead atoms. The number of aldehydes is 4. The molecule has 2 heterocycles. The van der Waals surface area contributed by atoms with Crippen molar-refractivity contribution in [2.45, 2.75) is 280 Å². The van der Waals surface area contributed by atoms with Crippen molar-refractivity contribution in [3.63, 3.8) is 0 Å². The number of hydrogen-bond donors (Lipinski definition) is 0. The number of rotatable bonds is 46. The molecule has 2 rings (SSSR count). The van der Waals surface area contributed by atoms with E-state index < -0.39 is 22.4 Å². The van der Waals surface area contributed by atoms with Gasteiger partial charge in [-0.3, -0.25) is 0 Å². The van der Waals surface area contributed by atoms with Gasteiger partial charge < -0.3 is 33.4 Å². The van der Waals surface area contributed by atoms with Gasteiger partial charge in [0.15, 0.2) is 0 Å². The fourth-order valence-electron chi connectivity index (χ4n) is 9.54. The first-order valence-electron chi connectivity index (χ1n) is 24.7. The van der Waals surface area contributed by atoms with Crippen LogP contribution < -0.4 is 0 Å². The third-order valence-electron chi connectivity index (χ3n) is 13.6. The van der Waals surface area contributed by atoms with Gasteiger partial charge in [-0.15, -0.1) is 0 Å². The highest BCUT2D eigenvalue weighted by molar-refractivity contribution is 5.61. The smallest absolute Gasteiger partial charge is 0.123 e. The van der Waals surface area contributed by atoms with Crippen molar-refractivity contribution in [3.8, 4) is 0 Å². The summed E-state index contributed by atoms with van der Waals surface area (Å²) >= 11 is 0. The molecule has 0 radical (unpaired) electrons. The van der Waals surface area contributed by atoms with E-state index in [1.807, 2.05) is 0 Å². The van der Waals surface area contributed by atoms with E-state index in [0.717, 1.165) is 63.7 Å². The van der Waals surface area contributed by atoms with Crippen molar-refractivity contribution in [1.29, 1.82) is 0 Å². The Morgan fingerprint density at radius 3 is 0.737 bits per heavy atom. The zero-order valence-electron chi connectivity index (χ0n) is 37.5. The summed E-state index contributed by atoms with van der Waals surface area (Å²) in [5, 5.41) is 0. The molecule has 7 nitrogen and oxygen atoms in total. The van der Waals surface area contributed by atoms with Crippen LogP contribution in [0.15, 0.2) is 0 Å². The first kappa shape index (κ1) is 51.7. The van der Waals surface area contributed by atoms with Crippen LogP contribution in [0.25, 0.3) is 0 Å². The van der Waals surface area contributed by atoms with Gasteiger partial charge in [0, 0.05) is 25.7 Å². The lowest BCUT2D eigenvalue weighted by atomic mass is 9.74. The Morgan fingerprint density at radius 1 is 0.368 bits per heavy atom. The molecule has 0 aromatic carbocycles. The zero-order valence-corrected chi connectivity index (χ0v) is 37.5. The summed E-state index contributed by atoms with van der Waals surface area (Å²) < 4.78 is 19.3. The molecule has 0 aromatic rings. The molecule has 0 amide bonds. The molecular formula is C50H90O7. The molecule has 2 unspecified atom stereocenters. The molecule has 0 aromatic heterocycles. The van der Waals surface area contributed by atoms with Crippen LogP contribution in [0, 0.1) is 0 Å². The van der Waals surface area contributed by atoms with E-state index in [-0.39, 0.29) is 25.7 Å². The summed E-state index contributed by atoms with van der Waals surface area (Å²) in [6, 6.07) is 0. The Morgan fingerprint density at radius 2 is 0.561 bits per heavy atom. The van der Waals surface area contributed by atoms with E-state index >= 15 is 0 Å². The highest BCUT2D eigenvalue weighted by Crippen LogP contribution is 2.56. The minimum absolute atomic E-state index is 0.0286. The average molecular weight is 803 g/mol. The molecule has 2 aliphatic heterocycles. The van der Waals surface area contributed by atoms with Crippen LogP contribution in [0.3, 0.4) is 0 Å². The molecule has 57 heavy (non-hydrogen) atoms. The summed E-state index contributed by atoms with van der Waals surface area (Å²) in [6.07, 6.45) is 45.8. The molecule has 0 N–H and O–H groups in total. The Kier molecular flexibility index (Phi) is 29.3. The maximum atomic E-state index is 12.3. The van der Waals surface area contributed by atoms with Crippen LogP contribution in [0.2, 0.25) is 0 Å². The van der Waals surface area contributed by atoms with Gasteiger partial charge >= 0.3 is 0 Å². The second kappa shape index (κ2) is 32.3. The molecule has 2 saturated heterocycles. The largest absolute Gasteiger partial charge is 0.366 e. The number of carbonyl (C=O) groups is 4. The molecule has 0 spiro atoms. The van der Waals surface area contributed by atoms with Crippen LogP contribution in [0.1, 0.15) is 258 Å². The lowest BCUT2D eigenvalue weighted by molar-refractivity contribution is -0.218. The number of carbonyl (C=O) groups excluding carboxylic acids is 4. The zero-order chi connectivity index (χ0) is 41.2. The molecule has 2 aliphatic rings. The SMILES string of the molecule is CCCCCCCCCCCCCCCCCCC1(C(CC=O)(CC=O)OC(CC=O)(CC=O)C2(CCCCCCCCCCCCCCCCCC)CO2)CO1. The van der Waals surface area contributed by atoms with Gasteiger partial charge in [-0.2, -0.15) is 0 Å². The fraction of sp³-hybridized carbons (Fsp3) is 0.920. The number of epoxide rings is 2. The molecule has 2 fully saturated rings. The average Bonchev–Trinajstić information content (AvgIpc) is 4.15. The van der Waals surface area contributed by atoms with Crippen molar-refractivity contribution in [2.24, 2.45) is 0 Å². The monoisotopic (exact) mass is 803 g/mol. The van der Waals surface area contributed by atoms with Gasteiger partial charge in [0.25, 0.3) is 0 Å². The normalized spacial score (nSPS) is 19.1. The third kappa shape index (κ3) is 20.1. The Hall–Kier alpha value is -1.44. The van der Waals surface area contributed by atoms with Gasteiger partial charge in [0.1, 0.15) is 47.5 Å². The van der Waals surface area contributed by atoms with Crippen molar-refractivity contribution in [1.82, 2.24) is 0 Å². The quantitative estimate of drug-likeness (QED) is 0.0343. The van der Waals surface area contributed by atoms with Gasteiger partial charge in [-0.25, -0.2) is 0 Å². The topological polar surface area (TPSA) is 103 Å².